The third-order valence-corrected chi connectivity index (χ3v) is 9.29. The Bertz CT molecular complexity index is 1530. The van der Waals surface area contributed by atoms with E-state index in [1.165, 1.54) is 16.7 Å². The standard InChI is InChI=1S/C38H48N2O9S/c1-25(41)32-34(47-24-28-14-18-30(44-6)19-15-28)33(46-23-27-12-16-29(43-5)17-13-27)31-35(48-32)50-36(39-31)40(37(42)49-38(2,3)4)20-21-45-22-26-10-8-7-9-11-26/h7-19,25,31-35,41H,20-24H2,1-6H3/t25-,31+,32+,33+,34+,35+/m0/s1. The molecule has 6 atom stereocenters. The van der Waals surface area contributed by atoms with Gasteiger partial charge in [-0.05, 0) is 68.7 Å². The van der Waals surface area contributed by atoms with E-state index in [1.807, 2.05) is 99.6 Å². The average Bonchev–Trinajstić information content (AvgIpc) is 3.53. The molecule has 2 aliphatic heterocycles. The maximum absolute atomic E-state index is 13.6. The minimum Gasteiger partial charge on any atom is -0.497 e. The molecule has 0 saturated carbocycles. The Hall–Kier alpha value is -3.65. The number of ether oxygens (including phenoxy) is 7. The summed E-state index contributed by atoms with van der Waals surface area (Å²) in [5.41, 5.74) is 1.60. The van der Waals surface area contributed by atoms with E-state index >= 15 is 0 Å². The zero-order chi connectivity index (χ0) is 35.7. The van der Waals surface area contributed by atoms with Gasteiger partial charge in [0, 0.05) is 0 Å². The summed E-state index contributed by atoms with van der Waals surface area (Å²) in [7, 11) is 3.24. The smallest absolute Gasteiger partial charge is 0.416 e. The van der Waals surface area contributed by atoms with Gasteiger partial charge in [0.1, 0.15) is 46.9 Å². The molecule has 3 aromatic rings. The first kappa shape index (κ1) is 37.6. The molecular formula is C38H48N2O9S. The Balaban J connectivity index is 1.40. The summed E-state index contributed by atoms with van der Waals surface area (Å²) in [4.78, 5) is 20.1. The maximum Gasteiger partial charge on any atom is 0.416 e. The van der Waals surface area contributed by atoms with Gasteiger partial charge in [0.15, 0.2) is 5.17 Å². The number of carbonyl (C=O) groups excluding carboxylic acids is 1. The lowest BCUT2D eigenvalue weighted by molar-refractivity contribution is -0.218. The highest BCUT2D eigenvalue weighted by atomic mass is 32.2. The molecule has 12 heteroatoms. The normalized spacial score (nSPS) is 22.3. The number of rotatable bonds is 14. The predicted octanol–water partition coefficient (Wildman–Crippen LogP) is 6.21. The highest BCUT2D eigenvalue weighted by Crippen LogP contribution is 2.41. The van der Waals surface area contributed by atoms with E-state index in [1.54, 1.807) is 21.1 Å². The SMILES string of the molecule is COc1ccc(CO[C@H]2[C@H](OCc3ccc(OC)cc3)[C@H]3N=C(N(CCOCc4ccccc4)C(=O)OC(C)(C)C)S[C@H]3O[C@@H]2[C@H](C)O)cc1. The molecule has 270 valence electrons. The van der Waals surface area contributed by atoms with Crippen molar-refractivity contribution in [1.29, 1.82) is 0 Å². The van der Waals surface area contributed by atoms with Gasteiger partial charge in [-0.2, -0.15) is 0 Å². The van der Waals surface area contributed by atoms with Gasteiger partial charge in [0.25, 0.3) is 0 Å². The minimum atomic E-state index is -0.887. The summed E-state index contributed by atoms with van der Waals surface area (Å²) in [6.07, 6.45) is -3.48. The molecule has 0 radical (unpaired) electrons. The number of fused-ring (bicyclic) bond motifs is 1. The van der Waals surface area contributed by atoms with Crippen LogP contribution in [0.1, 0.15) is 44.4 Å². The number of aliphatic hydroxyl groups excluding tert-OH is 1. The van der Waals surface area contributed by atoms with Gasteiger partial charge in [-0.1, -0.05) is 66.4 Å². The number of amidine groups is 1. The van der Waals surface area contributed by atoms with Crippen molar-refractivity contribution >= 4 is 23.0 Å². The molecule has 1 amide bonds. The second kappa shape index (κ2) is 17.5. The number of aliphatic hydroxyl groups is 1. The number of benzene rings is 3. The zero-order valence-electron chi connectivity index (χ0n) is 29.5. The molecular weight excluding hydrogens is 660 g/mol. The molecule has 5 rings (SSSR count). The number of hydrogen-bond donors (Lipinski definition) is 1. The number of methoxy groups -OCH3 is 2. The van der Waals surface area contributed by atoms with Gasteiger partial charge >= 0.3 is 6.09 Å². The van der Waals surface area contributed by atoms with E-state index in [9.17, 15) is 9.90 Å². The Morgan fingerprint density at radius 1 is 0.860 bits per heavy atom. The van der Waals surface area contributed by atoms with Crippen LogP contribution in [0, 0.1) is 0 Å². The number of carbonyl (C=O) groups is 1. The Morgan fingerprint density at radius 2 is 1.42 bits per heavy atom. The van der Waals surface area contributed by atoms with Crippen LogP contribution in [0.2, 0.25) is 0 Å². The van der Waals surface area contributed by atoms with Gasteiger partial charge in [-0.25, -0.2) is 4.79 Å². The Labute approximate surface area is 298 Å². The Kier molecular flexibility index (Phi) is 13.2. The summed E-state index contributed by atoms with van der Waals surface area (Å²) in [5, 5.41) is 11.4. The van der Waals surface area contributed by atoms with Gasteiger partial charge in [0.05, 0.1) is 53.3 Å². The van der Waals surface area contributed by atoms with Crippen molar-refractivity contribution in [3.05, 3.63) is 95.6 Å². The fraction of sp³-hybridized carbons (Fsp3) is 0.474. The monoisotopic (exact) mass is 708 g/mol. The van der Waals surface area contributed by atoms with E-state index in [4.69, 9.17) is 38.2 Å². The van der Waals surface area contributed by atoms with E-state index < -0.39 is 47.6 Å². The van der Waals surface area contributed by atoms with Crippen LogP contribution in [0.25, 0.3) is 0 Å². The van der Waals surface area contributed by atoms with Gasteiger partial charge in [-0.3, -0.25) is 9.89 Å². The molecule has 0 aliphatic carbocycles. The molecule has 0 bridgehead atoms. The van der Waals surface area contributed by atoms with Crippen LogP contribution in [-0.2, 0) is 43.5 Å². The van der Waals surface area contributed by atoms with Crippen molar-refractivity contribution in [2.24, 2.45) is 4.99 Å². The van der Waals surface area contributed by atoms with Crippen molar-refractivity contribution in [1.82, 2.24) is 4.90 Å². The maximum atomic E-state index is 13.6. The molecule has 3 aromatic carbocycles. The molecule has 1 N–H and O–H groups in total. The number of amides is 1. The van der Waals surface area contributed by atoms with Gasteiger partial charge in [-0.15, -0.1) is 0 Å². The molecule has 11 nitrogen and oxygen atoms in total. The summed E-state index contributed by atoms with van der Waals surface area (Å²) >= 11 is 1.30. The van der Waals surface area contributed by atoms with E-state index in [0.717, 1.165) is 28.2 Å². The first-order valence-corrected chi connectivity index (χ1v) is 17.6. The fourth-order valence-corrected chi connectivity index (χ4v) is 6.80. The first-order valence-electron chi connectivity index (χ1n) is 16.7. The third kappa shape index (κ3) is 10.2. The Morgan fingerprint density at radius 3 is 1.96 bits per heavy atom. The van der Waals surface area contributed by atoms with Crippen molar-refractivity contribution in [2.45, 2.75) is 89.0 Å². The number of thioether (sulfide) groups is 1. The third-order valence-electron chi connectivity index (χ3n) is 8.13. The molecule has 0 unspecified atom stereocenters. The van der Waals surface area contributed by atoms with Crippen molar-refractivity contribution in [2.75, 3.05) is 27.4 Å². The molecule has 1 fully saturated rings. The average molecular weight is 709 g/mol. The van der Waals surface area contributed by atoms with Crippen LogP contribution in [0.4, 0.5) is 4.79 Å². The van der Waals surface area contributed by atoms with Crippen molar-refractivity contribution < 1.29 is 43.1 Å². The lowest BCUT2D eigenvalue weighted by atomic mass is 9.94. The van der Waals surface area contributed by atoms with Crippen LogP contribution in [-0.4, -0.2) is 90.1 Å². The number of hydrogen-bond acceptors (Lipinski definition) is 11. The molecule has 2 heterocycles. The molecule has 50 heavy (non-hydrogen) atoms. The lowest BCUT2D eigenvalue weighted by Gasteiger charge is -2.43. The second-order valence-electron chi connectivity index (χ2n) is 13.1. The highest BCUT2D eigenvalue weighted by molar-refractivity contribution is 8.14. The number of nitrogens with zero attached hydrogens (tertiary/aromatic N) is 2. The molecule has 0 aromatic heterocycles. The topological polar surface area (TPSA) is 118 Å². The summed E-state index contributed by atoms with van der Waals surface area (Å²) in [5.74, 6) is 1.48. The first-order chi connectivity index (χ1) is 24.0. The lowest BCUT2D eigenvalue weighted by Crippen LogP contribution is -2.59. The van der Waals surface area contributed by atoms with E-state index in [-0.39, 0.29) is 26.4 Å². The van der Waals surface area contributed by atoms with E-state index in [0.29, 0.717) is 11.8 Å². The van der Waals surface area contributed by atoms with Crippen LogP contribution < -0.4 is 9.47 Å². The summed E-state index contributed by atoms with van der Waals surface area (Å²) in [6, 6.07) is 24.5. The van der Waals surface area contributed by atoms with Gasteiger partial charge < -0.3 is 38.3 Å². The fourth-order valence-electron chi connectivity index (χ4n) is 5.58. The largest absolute Gasteiger partial charge is 0.497 e. The predicted molar refractivity (Wildman–Crippen MR) is 191 cm³/mol. The highest BCUT2D eigenvalue weighted by Gasteiger charge is 2.53. The molecule has 2 aliphatic rings. The van der Waals surface area contributed by atoms with Crippen LogP contribution >= 0.6 is 11.8 Å². The van der Waals surface area contributed by atoms with Crippen LogP contribution in [0.15, 0.2) is 83.9 Å². The molecule has 1 saturated heterocycles. The van der Waals surface area contributed by atoms with Crippen molar-refractivity contribution in [3.63, 3.8) is 0 Å². The van der Waals surface area contributed by atoms with Crippen LogP contribution in [0.5, 0.6) is 11.5 Å². The zero-order valence-corrected chi connectivity index (χ0v) is 30.3. The quantitative estimate of drug-likeness (QED) is 0.194. The second-order valence-corrected chi connectivity index (χ2v) is 14.2. The number of aliphatic imine (C=N–C) groups is 1. The van der Waals surface area contributed by atoms with Crippen LogP contribution in [0.3, 0.4) is 0 Å². The minimum absolute atomic E-state index is 0.210. The van der Waals surface area contributed by atoms with Crippen molar-refractivity contribution in [3.8, 4) is 11.5 Å². The summed E-state index contributed by atoms with van der Waals surface area (Å²) < 4.78 is 42.0. The summed E-state index contributed by atoms with van der Waals surface area (Å²) in [6.45, 7) is 8.51. The van der Waals surface area contributed by atoms with Gasteiger partial charge in [0.2, 0.25) is 0 Å². The van der Waals surface area contributed by atoms with E-state index in [2.05, 4.69) is 0 Å². The molecule has 0 spiro atoms.